The van der Waals surface area contributed by atoms with E-state index in [0.29, 0.717) is 13.0 Å². The Labute approximate surface area is 91.7 Å². The van der Waals surface area contributed by atoms with Gasteiger partial charge >= 0.3 is 0 Å². The second kappa shape index (κ2) is 6.80. The van der Waals surface area contributed by atoms with E-state index in [-0.39, 0.29) is 12.5 Å². The van der Waals surface area contributed by atoms with Crippen molar-refractivity contribution < 1.29 is 15.0 Å². The lowest BCUT2D eigenvalue weighted by Gasteiger charge is -2.30. The van der Waals surface area contributed by atoms with E-state index in [1.807, 2.05) is 13.8 Å². The third-order valence-corrected chi connectivity index (χ3v) is 2.91. The maximum absolute atomic E-state index is 11.5. The topological polar surface area (TPSA) is 69.6 Å². The van der Waals surface area contributed by atoms with E-state index < -0.39 is 11.5 Å². The van der Waals surface area contributed by atoms with E-state index in [2.05, 4.69) is 5.32 Å². The van der Waals surface area contributed by atoms with Crippen molar-refractivity contribution in [3.05, 3.63) is 0 Å². The van der Waals surface area contributed by atoms with E-state index in [9.17, 15) is 9.90 Å². The molecule has 1 amide bonds. The molecule has 0 aliphatic carbocycles. The average molecular weight is 217 g/mol. The zero-order valence-corrected chi connectivity index (χ0v) is 9.92. The van der Waals surface area contributed by atoms with Gasteiger partial charge in [-0.1, -0.05) is 27.2 Å². The van der Waals surface area contributed by atoms with Gasteiger partial charge in [-0.05, 0) is 12.8 Å². The summed E-state index contributed by atoms with van der Waals surface area (Å²) in [6, 6.07) is 0. The molecule has 2 atom stereocenters. The van der Waals surface area contributed by atoms with Gasteiger partial charge in [-0.3, -0.25) is 4.79 Å². The Kier molecular flexibility index (Phi) is 6.52. The first-order valence-electron chi connectivity index (χ1n) is 5.58. The number of amides is 1. The zero-order chi connectivity index (χ0) is 11.9. The highest BCUT2D eigenvalue weighted by atomic mass is 16.3. The van der Waals surface area contributed by atoms with Crippen LogP contribution >= 0.6 is 0 Å². The Morgan fingerprint density at radius 1 is 1.47 bits per heavy atom. The number of hydrogen-bond donors (Lipinski definition) is 3. The molecule has 0 aromatic carbocycles. The van der Waals surface area contributed by atoms with Crippen LogP contribution in [0.3, 0.4) is 0 Å². The van der Waals surface area contributed by atoms with Crippen LogP contribution in [0.25, 0.3) is 0 Å². The Bertz CT molecular complexity index is 190. The van der Waals surface area contributed by atoms with Gasteiger partial charge in [0.1, 0.15) is 6.10 Å². The number of aliphatic hydroxyl groups excluding tert-OH is 2. The van der Waals surface area contributed by atoms with Gasteiger partial charge in [0.25, 0.3) is 0 Å². The Hall–Kier alpha value is -0.610. The molecule has 0 saturated carbocycles. The predicted molar refractivity (Wildman–Crippen MR) is 59.4 cm³/mol. The van der Waals surface area contributed by atoms with Gasteiger partial charge in [-0.25, -0.2) is 0 Å². The Morgan fingerprint density at radius 3 is 2.47 bits per heavy atom. The molecule has 0 aliphatic heterocycles. The molecule has 4 nitrogen and oxygen atoms in total. The van der Waals surface area contributed by atoms with E-state index in [4.69, 9.17) is 5.11 Å². The first kappa shape index (κ1) is 14.4. The van der Waals surface area contributed by atoms with Crippen LogP contribution in [0.15, 0.2) is 0 Å². The molecule has 0 aromatic rings. The molecule has 15 heavy (non-hydrogen) atoms. The van der Waals surface area contributed by atoms with Crippen LogP contribution in [-0.4, -0.2) is 35.4 Å². The van der Waals surface area contributed by atoms with Crippen molar-refractivity contribution >= 4 is 5.91 Å². The largest absolute Gasteiger partial charge is 0.396 e. The van der Waals surface area contributed by atoms with Gasteiger partial charge in [0.2, 0.25) is 5.91 Å². The normalized spacial score (nSPS) is 16.9. The summed E-state index contributed by atoms with van der Waals surface area (Å²) in [6.07, 6.45) is 1.33. The average Bonchev–Trinajstić information content (AvgIpc) is 2.27. The van der Waals surface area contributed by atoms with Crippen molar-refractivity contribution in [3.8, 4) is 0 Å². The smallest absolute Gasteiger partial charge is 0.249 e. The summed E-state index contributed by atoms with van der Waals surface area (Å²) in [4.78, 5) is 11.5. The van der Waals surface area contributed by atoms with Crippen LogP contribution in [0.2, 0.25) is 0 Å². The molecule has 0 saturated heterocycles. The first-order chi connectivity index (χ1) is 7.01. The number of carbonyl (C=O) groups is 1. The van der Waals surface area contributed by atoms with Crippen molar-refractivity contribution in [2.75, 3.05) is 13.2 Å². The summed E-state index contributed by atoms with van der Waals surface area (Å²) in [6.45, 7) is 5.98. The maximum atomic E-state index is 11.5. The van der Waals surface area contributed by atoms with Crippen molar-refractivity contribution in [1.29, 1.82) is 0 Å². The molecule has 0 spiro atoms. The molecule has 0 rings (SSSR count). The lowest BCUT2D eigenvalue weighted by Crippen LogP contribution is -2.47. The number of rotatable bonds is 7. The minimum absolute atomic E-state index is 0.189. The third kappa shape index (κ3) is 4.18. The number of carbonyl (C=O) groups excluding carboxylic acids is 1. The van der Waals surface area contributed by atoms with Gasteiger partial charge in [-0.15, -0.1) is 0 Å². The highest BCUT2D eigenvalue weighted by Gasteiger charge is 2.35. The van der Waals surface area contributed by atoms with Crippen LogP contribution in [0.4, 0.5) is 0 Å². The summed E-state index contributed by atoms with van der Waals surface area (Å²) in [7, 11) is 0. The van der Waals surface area contributed by atoms with Gasteiger partial charge in [0.15, 0.2) is 0 Å². The Balaban J connectivity index is 4.17. The van der Waals surface area contributed by atoms with Crippen molar-refractivity contribution in [2.45, 2.75) is 46.1 Å². The van der Waals surface area contributed by atoms with Crippen LogP contribution in [0.5, 0.6) is 0 Å². The third-order valence-electron chi connectivity index (χ3n) is 2.91. The van der Waals surface area contributed by atoms with Crippen molar-refractivity contribution in [3.63, 3.8) is 0 Å². The maximum Gasteiger partial charge on any atom is 0.249 e. The molecule has 4 heteroatoms. The zero-order valence-electron chi connectivity index (χ0n) is 9.92. The fourth-order valence-corrected chi connectivity index (χ4v) is 1.19. The molecule has 0 fully saturated rings. The predicted octanol–water partition coefficient (Wildman–Crippen LogP) is 0.672. The molecule has 2 unspecified atom stereocenters. The quantitative estimate of drug-likeness (QED) is 0.549. The molecular weight excluding hydrogens is 194 g/mol. The highest BCUT2D eigenvalue weighted by molar-refractivity contribution is 5.81. The number of nitrogens with one attached hydrogen (secondary N) is 1. The lowest BCUT2D eigenvalue weighted by molar-refractivity contribution is -0.138. The molecule has 0 aromatic heterocycles. The minimum Gasteiger partial charge on any atom is -0.396 e. The molecular formula is C11H23NO3. The summed E-state index contributed by atoms with van der Waals surface area (Å²) in [5.41, 5.74) is -0.740. The second-order valence-electron chi connectivity index (χ2n) is 4.21. The van der Waals surface area contributed by atoms with Gasteiger partial charge in [0, 0.05) is 12.0 Å². The van der Waals surface area contributed by atoms with E-state index in [1.165, 1.54) is 0 Å². The van der Waals surface area contributed by atoms with Crippen LogP contribution in [0.1, 0.15) is 40.0 Å². The lowest BCUT2D eigenvalue weighted by atomic mass is 9.82. The van der Waals surface area contributed by atoms with Crippen LogP contribution in [-0.2, 0) is 4.79 Å². The monoisotopic (exact) mass is 217 g/mol. The SMILES string of the molecule is CCCCNC(=O)C(O)C(C)(CC)CO. The standard InChI is InChI=1S/C11H23NO3/c1-4-6-7-12-10(15)9(14)11(3,5-2)8-13/h9,13-14H,4-8H2,1-3H3,(H,12,15). The van der Waals surface area contributed by atoms with Crippen LogP contribution < -0.4 is 5.32 Å². The van der Waals surface area contributed by atoms with Crippen LogP contribution in [0, 0.1) is 5.41 Å². The fourth-order valence-electron chi connectivity index (χ4n) is 1.19. The van der Waals surface area contributed by atoms with E-state index in [0.717, 1.165) is 12.8 Å². The van der Waals surface area contributed by atoms with E-state index >= 15 is 0 Å². The minimum atomic E-state index is -1.13. The summed E-state index contributed by atoms with van der Waals surface area (Å²) >= 11 is 0. The molecule has 0 heterocycles. The van der Waals surface area contributed by atoms with Crippen molar-refractivity contribution in [1.82, 2.24) is 5.32 Å². The van der Waals surface area contributed by atoms with E-state index in [1.54, 1.807) is 6.92 Å². The number of unbranched alkanes of at least 4 members (excludes halogenated alkanes) is 1. The highest BCUT2D eigenvalue weighted by Crippen LogP contribution is 2.25. The number of aliphatic hydroxyl groups is 2. The van der Waals surface area contributed by atoms with Gasteiger partial charge in [0.05, 0.1) is 6.61 Å². The first-order valence-corrected chi connectivity index (χ1v) is 5.58. The summed E-state index contributed by atoms with van der Waals surface area (Å²) in [5, 5.41) is 21.6. The van der Waals surface area contributed by atoms with Crippen molar-refractivity contribution in [2.24, 2.45) is 5.41 Å². The molecule has 0 aliphatic rings. The number of hydrogen-bond acceptors (Lipinski definition) is 3. The molecule has 90 valence electrons. The summed E-state index contributed by atoms with van der Waals surface area (Å²) in [5.74, 6) is -0.387. The Morgan fingerprint density at radius 2 is 2.07 bits per heavy atom. The van der Waals surface area contributed by atoms with Gasteiger partial charge < -0.3 is 15.5 Å². The molecule has 0 radical (unpaired) electrons. The van der Waals surface area contributed by atoms with Gasteiger partial charge in [-0.2, -0.15) is 0 Å². The molecule has 3 N–H and O–H groups in total. The summed E-state index contributed by atoms with van der Waals surface area (Å²) < 4.78 is 0. The molecule has 0 bridgehead atoms. The fraction of sp³-hybridized carbons (Fsp3) is 0.909. The second-order valence-corrected chi connectivity index (χ2v) is 4.21.